The van der Waals surface area contributed by atoms with Crippen LogP contribution in [-0.2, 0) is 0 Å². The Balaban J connectivity index is 1.90. The standard InChI is InChI=1S/C15H15N3S2/c1-10(16)14(11-6-8-17-9-7-11)20-15-18-12-4-2-3-5-13(12)19-15/h2-10,14H,16H2,1H3. The van der Waals surface area contributed by atoms with Gasteiger partial charge in [-0.15, -0.1) is 11.3 Å². The summed E-state index contributed by atoms with van der Waals surface area (Å²) >= 11 is 3.45. The lowest BCUT2D eigenvalue weighted by molar-refractivity contribution is 0.720. The molecule has 5 heteroatoms. The molecule has 0 aliphatic heterocycles. The molecule has 0 fully saturated rings. The van der Waals surface area contributed by atoms with E-state index in [0.29, 0.717) is 0 Å². The molecule has 2 aromatic heterocycles. The molecule has 0 aliphatic rings. The minimum Gasteiger partial charge on any atom is -0.327 e. The number of para-hydroxylation sites is 1. The van der Waals surface area contributed by atoms with Crippen LogP contribution in [0.25, 0.3) is 10.2 Å². The van der Waals surface area contributed by atoms with E-state index in [1.54, 1.807) is 23.1 Å². The summed E-state index contributed by atoms with van der Waals surface area (Å²) in [4.78, 5) is 8.74. The summed E-state index contributed by atoms with van der Waals surface area (Å²) in [6.45, 7) is 2.03. The van der Waals surface area contributed by atoms with Crippen LogP contribution in [0.4, 0.5) is 0 Å². The third-order valence-electron chi connectivity index (χ3n) is 3.01. The van der Waals surface area contributed by atoms with Gasteiger partial charge in [0.05, 0.1) is 15.5 Å². The van der Waals surface area contributed by atoms with Crippen molar-refractivity contribution in [2.45, 2.75) is 22.6 Å². The highest BCUT2D eigenvalue weighted by atomic mass is 32.2. The Morgan fingerprint density at radius 3 is 2.60 bits per heavy atom. The molecule has 3 nitrogen and oxygen atoms in total. The number of thiazole rings is 1. The van der Waals surface area contributed by atoms with E-state index in [0.717, 1.165) is 9.86 Å². The third-order valence-corrected chi connectivity index (χ3v) is 5.63. The largest absolute Gasteiger partial charge is 0.327 e. The minimum atomic E-state index is 0.0504. The molecule has 2 heterocycles. The monoisotopic (exact) mass is 301 g/mol. The second-order valence-corrected chi connectivity index (χ2v) is 7.04. The lowest BCUT2D eigenvalue weighted by Crippen LogP contribution is -2.22. The van der Waals surface area contributed by atoms with Crippen LogP contribution < -0.4 is 5.73 Å². The van der Waals surface area contributed by atoms with Gasteiger partial charge in [0.2, 0.25) is 0 Å². The summed E-state index contributed by atoms with van der Waals surface area (Å²) < 4.78 is 2.28. The van der Waals surface area contributed by atoms with Gasteiger partial charge in [0.25, 0.3) is 0 Å². The average molecular weight is 301 g/mol. The molecular weight excluding hydrogens is 286 g/mol. The zero-order valence-corrected chi connectivity index (χ0v) is 12.7. The van der Waals surface area contributed by atoms with Crippen LogP contribution >= 0.6 is 23.1 Å². The molecule has 0 spiro atoms. The van der Waals surface area contributed by atoms with Gasteiger partial charge < -0.3 is 5.73 Å². The lowest BCUT2D eigenvalue weighted by atomic mass is 10.1. The van der Waals surface area contributed by atoms with Crippen molar-refractivity contribution in [2.24, 2.45) is 5.73 Å². The minimum absolute atomic E-state index is 0.0504. The van der Waals surface area contributed by atoms with Crippen molar-refractivity contribution in [3.8, 4) is 0 Å². The third kappa shape index (κ3) is 2.85. The van der Waals surface area contributed by atoms with Gasteiger partial charge in [-0.3, -0.25) is 4.98 Å². The Kier molecular flexibility index (Phi) is 4.00. The smallest absolute Gasteiger partial charge is 0.151 e. The molecule has 3 aromatic rings. The average Bonchev–Trinajstić information content (AvgIpc) is 2.88. The normalized spacial score (nSPS) is 14.3. The van der Waals surface area contributed by atoms with Crippen LogP contribution in [-0.4, -0.2) is 16.0 Å². The van der Waals surface area contributed by atoms with E-state index in [9.17, 15) is 0 Å². The van der Waals surface area contributed by atoms with Gasteiger partial charge in [-0.2, -0.15) is 0 Å². The van der Waals surface area contributed by atoms with Gasteiger partial charge in [0.1, 0.15) is 0 Å². The fourth-order valence-corrected chi connectivity index (χ4v) is 4.39. The van der Waals surface area contributed by atoms with Gasteiger partial charge in [-0.05, 0) is 36.8 Å². The molecule has 1 aromatic carbocycles. The van der Waals surface area contributed by atoms with Gasteiger partial charge in [-0.25, -0.2) is 4.98 Å². The van der Waals surface area contributed by atoms with Crippen molar-refractivity contribution in [1.82, 2.24) is 9.97 Å². The van der Waals surface area contributed by atoms with Crippen molar-refractivity contribution in [3.05, 3.63) is 54.4 Å². The Morgan fingerprint density at radius 1 is 1.15 bits per heavy atom. The number of fused-ring (bicyclic) bond motifs is 1. The van der Waals surface area contributed by atoms with Crippen LogP contribution in [0.1, 0.15) is 17.7 Å². The number of thioether (sulfide) groups is 1. The van der Waals surface area contributed by atoms with Crippen LogP contribution in [0.3, 0.4) is 0 Å². The number of nitrogens with two attached hydrogens (primary N) is 1. The Labute approximate surface area is 126 Å². The van der Waals surface area contributed by atoms with E-state index in [2.05, 4.69) is 16.0 Å². The van der Waals surface area contributed by atoms with E-state index >= 15 is 0 Å². The molecule has 0 saturated heterocycles. The predicted octanol–water partition coefficient (Wildman–Crippen LogP) is 3.87. The first kappa shape index (κ1) is 13.5. The van der Waals surface area contributed by atoms with E-state index < -0.39 is 0 Å². The SMILES string of the molecule is CC(N)C(Sc1nc2ccccc2s1)c1ccncc1. The van der Waals surface area contributed by atoms with Gasteiger partial charge in [0, 0.05) is 18.4 Å². The number of rotatable bonds is 4. The number of pyridine rings is 1. The second-order valence-electron chi connectivity index (χ2n) is 4.63. The molecule has 2 unspecified atom stereocenters. The molecule has 0 saturated carbocycles. The molecule has 2 N–H and O–H groups in total. The fraction of sp³-hybridized carbons (Fsp3) is 0.200. The summed E-state index contributed by atoms with van der Waals surface area (Å²) in [5.74, 6) is 0. The summed E-state index contributed by atoms with van der Waals surface area (Å²) in [5, 5.41) is 0.193. The van der Waals surface area contributed by atoms with Crippen molar-refractivity contribution in [2.75, 3.05) is 0 Å². The fourth-order valence-electron chi connectivity index (χ4n) is 2.04. The maximum Gasteiger partial charge on any atom is 0.151 e. The molecule has 0 aliphatic carbocycles. The van der Waals surface area contributed by atoms with E-state index in [4.69, 9.17) is 5.73 Å². The summed E-state index contributed by atoms with van der Waals surface area (Å²) in [6.07, 6.45) is 3.62. The molecule has 102 valence electrons. The zero-order valence-electron chi connectivity index (χ0n) is 11.1. The summed E-state index contributed by atoms with van der Waals surface area (Å²) in [5.41, 5.74) is 8.39. The summed E-state index contributed by atoms with van der Waals surface area (Å²) in [6, 6.07) is 12.3. The van der Waals surface area contributed by atoms with E-state index in [-0.39, 0.29) is 11.3 Å². The summed E-state index contributed by atoms with van der Waals surface area (Å²) in [7, 11) is 0. The van der Waals surface area contributed by atoms with Crippen molar-refractivity contribution in [3.63, 3.8) is 0 Å². The quantitative estimate of drug-likeness (QED) is 0.743. The Morgan fingerprint density at radius 2 is 1.90 bits per heavy atom. The molecule has 0 bridgehead atoms. The molecule has 0 amide bonds. The van der Waals surface area contributed by atoms with Crippen molar-refractivity contribution < 1.29 is 0 Å². The lowest BCUT2D eigenvalue weighted by Gasteiger charge is -2.19. The van der Waals surface area contributed by atoms with E-state index in [1.807, 2.05) is 49.6 Å². The maximum absolute atomic E-state index is 6.15. The highest BCUT2D eigenvalue weighted by Crippen LogP contribution is 2.40. The highest BCUT2D eigenvalue weighted by molar-refractivity contribution is 8.01. The first-order valence-corrected chi connectivity index (χ1v) is 8.11. The van der Waals surface area contributed by atoms with Gasteiger partial charge in [-0.1, -0.05) is 23.9 Å². The molecule has 0 radical (unpaired) electrons. The van der Waals surface area contributed by atoms with Crippen LogP contribution in [0.15, 0.2) is 53.1 Å². The predicted molar refractivity (Wildman–Crippen MR) is 86.1 cm³/mol. The first-order valence-electron chi connectivity index (χ1n) is 6.42. The van der Waals surface area contributed by atoms with Crippen LogP contribution in [0.5, 0.6) is 0 Å². The molecule has 3 rings (SSSR count). The number of hydrogen-bond acceptors (Lipinski definition) is 5. The number of nitrogens with zero attached hydrogens (tertiary/aromatic N) is 2. The number of aromatic nitrogens is 2. The van der Waals surface area contributed by atoms with Crippen LogP contribution in [0, 0.1) is 0 Å². The maximum atomic E-state index is 6.15. The van der Waals surface area contributed by atoms with Gasteiger partial charge >= 0.3 is 0 Å². The number of hydrogen-bond donors (Lipinski definition) is 1. The van der Waals surface area contributed by atoms with Gasteiger partial charge in [0.15, 0.2) is 4.34 Å². The van der Waals surface area contributed by atoms with Crippen molar-refractivity contribution >= 4 is 33.3 Å². The molecule has 2 atom stereocenters. The molecular formula is C15H15N3S2. The first-order chi connectivity index (χ1) is 9.74. The van der Waals surface area contributed by atoms with Crippen LogP contribution in [0.2, 0.25) is 0 Å². The topological polar surface area (TPSA) is 51.8 Å². The Bertz CT molecular complexity index is 661. The highest BCUT2D eigenvalue weighted by Gasteiger charge is 2.19. The molecule has 20 heavy (non-hydrogen) atoms. The van der Waals surface area contributed by atoms with E-state index in [1.165, 1.54) is 10.3 Å². The van der Waals surface area contributed by atoms with Crippen molar-refractivity contribution in [1.29, 1.82) is 0 Å². The second kappa shape index (κ2) is 5.91. The zero-order chi connectivity index (χ0) is 13.9. The Hall–Kier alpha value is -1.43. The number of benzene rings is 1.